The van der Waals surface area contributed by atoms with Crippen LogP contribution in [0.1, 0.15) is 11.8 Å². The molecule has 1 fully saturated rings. The van der Waals surface area contributed by atoms with E-state index in [1.165, 1.54) is 0 Å². The lowest BCUT2D eigenvalue weighted by Gasteiger charge is -2.33. The zero-order valence-corrected chi connectivity index (χ0v) is 16.1. The van der Waals surface area contributed by atoms with Gasteiger partial charge in [-0.05, 0) is 30.3 Å². The average molecular weight is 396 g/mol. The van der Waals surface area contributed by atoms with Gasteiger partial charge in [0.05, 0.1) is 25.1 Å². The first-order chi connectivity index (χ1) is 12.7. The molecule has 6 nitrogen and oxygen atoms in total. The minimum Gasteiger partial charge on any atom is -0.495 e. The lowest BCUT2D eigenvalue weighted by atomic mass is 10.2. The van der Waals surface area contributed by atoms with E-state index in [9.17, 15) is 4.79 Å². The number of amides is 2. The summed E-state index contributed by atoms with van der Waals surface area (Å²) in [6.45, 7) is 2.40. The number of methoxy groups -OCH3 is 1. The fourth-order valence-electron chi connectivity index (χ4n) is 2.91. The molecule has 0 radical (unpaired) electrons. The molecule has 0 aliphatic carbocycles. The molecule has 140 valence electrons. The third-order valence-corrected chi connectivity index (χ3v) is 5.40. The number of nitrogens with one attached hydrogen (secondary N) is 2. The van der Waals surface area contributed by atoms with Crippen LogP contribution in [0.3, 0.4) is 0 Å². The van der Waals surface area contributed by atoms with Gasteiger partial charge in [-0.25, -0.2) is 4.79 Å². The van der Waals surface area contributed by atoms with Crippen LogP contribution in [0.15, 0.2) is 41.0 Å². The van der Waals surface area contributed by atoms with Gasteiger partial charge >= 0.3 is 6.03 Å². The number of nitrogens with zero attached hydrogens (tertiary/aromatic N) is 1. The summed E-state index contributed by atoms with van der Waals surface area (Å²) in [5.41, 5.74) is 0.529. The number of furan rings is 1. The van der Waals surface area contributed by atoms with Crippen molar-refractivity contribution in [2.24, 2.45) is 0 Å². The molecule has 1 aromatic heterocycles. The highest BCUT2D eigenvalue weighted by atomic mass is 35.5. The van der Waals surface area contributed by atoms with Crippen LogP contribution < -0.4 is 15.4 Å². The van der Waals surface area contributed by atoms with Crippen molar-refractivity contribution >= 4 is 35.1 Å². The molecule has 3 rings (SSSR count). The first-order valence-corrected chi connectivity index (χ1v) is 9.94. The summed E-state index contributed by atoms with van der Waals surface area (Å²) in [6, 6.07) is 8.61. The second-order valence-corrected chi connectivity index (χ2v) is 7.52. The number of hydrogen-bond acceptors (Lipinski definition) is 5. The van der Waals surface area contributed by atoms with Crippen molar-refractivity contribution in [1.29, 1.82) is 0 Å². The smallest absolute Gasteiger partial charge is 0.319 e. The molecule has 1 saturated heterocycles. The molecule has 1 aliphatic rings. The highest BCUT2D eigenvalue weighted by Gasteiger charge is 2.25. The van der Waals surface area contributed by atoms with E-state index in [4.69, 9.17) is 20.8 Å². The van der Waals surface area contributed by atoms with Gasteiger partial charge in [0, 0.05) is 36.2 Å². The fourth-order valence-corrected chi connectivity index (χ4v) is 4.02. The number of halogens is 1. The molecule has 2 heterocycles. The number of carbonyl (C=O) groups is 1. The minimum absolute atomic E-state index is 0.0120. The predicted octanol–water partition coefficient (Wildman–Crippen LogP) is 3.85. The maximum Gasteiger partial charge on any atom is 0.319 e. The second kappa shape index (κ2) is 9.21. The molecule has 2 aromatic rings. The number of thioether (sulfide) groups is 1. The minimum atomic E-state index is -0.312. The Bertz CT molecular complexity index is 720. The Kier molecular flexibility index (Phi) is 6.71. The van der Waals surface area contributed by atoms with Gasteiger partial charge in [0.15, 0.2) is 0 Å². The summed E-state index contributed by atoms with van der Waals surface area (Å²) >= 11 is 7.95. The largest absolute Gasteiger partial charge is 0.495 e. The van der Waals surface area contributed by atoms with Gasteiger partial charge in [-0.3, -0.25) is 4.90 Å². The van der Waals surface area contributed by atoms with Gasteiger partial charge in [-0.2, -0.15) is 11.8 Å². The van der Waals surface area contributed by atoms with Crippen LogP contribution >= 0.6 is 23.4 Å². The summed E-state index contributed by atoms with van der Waals surface area (Å²) < 4.78 is 10.8. The summed E-state index contributed by atoms with van der Waals surface area (Å²) in [4.78, 5) is 14.7. The number of anilines is 1. The number of carbonyl (C=O) groups excluding carboxylic acids is 1. The highest BCUT2D eigenvalue weighted by molar-refractivity contribution is 7.99. The third kappa shape index (κ3) is 4.87. The summed E-state index contributed by atoms with van der Waals surface area (Å²) in [5, 5.41) is 6.25. The van der Waals surface area contributed by atoms with Gasteiger partial charge in [0.2, 0.25) is 0 Å². The molecule has 2 N–H and O–H groups in total. The molecule has 1 aliphatic heterocycles. The van der Waals surface area contributed by atoms with E-state index in [0.29, 0.717) is 23.0 Å². The number of urea groups is 1. The normalized spacial score (nSPS) is 16.1. The molecule has 0 spiro atoms. The maximum atomic E-state index is 12.4. The first-order valence-electron chi connectivity index (χ1n) is 8.41. The van der Waals surface area contributed by atoms with Crippen LogP contribution in [0.25, 0.3) is 0 Å². The zero-order valence-electron chi connectivity index (χ0n) is 14.5. The van der Waals surface area contributed by atoms with Crippen molar-refractivity contribution < 1.29 is 13.9 Å². The Balaban J connectivity index is 1.63. The number of ether oxygens (including phenoxy) is 1. The molecular formula is C18H22ClN3O3S. The van der Waals surface area contributed by atoms with Crippen molar-refractivity contribution in [2.75, 3.05) is 43.6 Å². The third-order valence-electron chi connectivity index (χ3n) is 4.22. The Morgan fingerprint density at radius 2 is 2.19 bits per heavy atom. The van der Waals surface area contributed by atoms with E-state index in [0.717, 1.165) is 30.4 Å². The summed E-state index contributed by atoms with van der Waals surface area (Å²) in [5.74, 6) is 3.59. The Hall–Kier alpha value is -1.83. The molecule has 8 heteroatoms. The van der Waals surface area contributed by atoms with Crippen LogP contribution in [0.4, 0.5) is 10.5 Å². The van der Waals surface area contributed by atoms with E-state index in [1.807, 2.05) is 23.9 Å². The van der Waals surface area contributed by atoms with Crippen molar-refractivity contribution in [1.82, 2.24) is 10.2 Å². The van der Waals surface area contributed by atoms with Crippen molar-refractivity contribution in [3.63, 3.8) is 0 Å². The quantitative estimate of drug-likeness (QED) is 0.777. The lowest BCUT2D eigenvalue weighted by molar-refractivity contribution is 0.187. The Labute approximate surface area is 162 Å². The van der Waals surface area contributed by atoms with E-state index >= 15 is 0 Å². The van der Waals surface area contributed by atoms with Crippen LogP contribution in [-0.4, -0.2) is 49.2 Å². The highest BCUT2D eigenvalue weighted by Crippen LogP contribution is 2.28. The zero-order chi connectivity index (χ0) is 18.4. The predicted molar refractivity (Wildman–Crippen MR) is 105 cm³/mol. The molecular weight excluding hydrogens is 374 g/mol. The van der Waals surface area contributed by atoms with Gasteiger partial charge < -0.3 is 19.8 Å². The van der Waals surface area contributed by atoms with Crippen molar-refractivity contribution in [2.45, 2.75) is 6.04 Å². The Morgan fingerprint density at radius 3 is 2.88 bits per heavy atom. The van der Waals surface area contributed by atoms with Crippen LogP contribution in [0.5, 0.6) is 5.75 Å². The molecule has 2 amide bonds. The summed E-state index contributed by atoms with van der Waals surface area (Å²) in [7, 11) is 1.55. The lowest BCUT2D eigenvalue weighted by Crippen LogP contribution is -2.42. The van der Waals surface area contributed by atoms with Gasteiger partial charge in [-0.1, -0.05) is 11.6 Å². The second-order valence-electron chi connectivity index (χ2n) is 5.86. The summed E-state index contributed by atoms with van der Waals surface area (Å²) in [6.07, 6.45) is 1.66. The monoisotopic (exact) mass is 395 g/mol. The van der Waals surface area contributed by atoms with Gasteiger partial charge in [0.1, 0.15) is 11.5 Å². The molecule has 26 heavy (non-hydrogen) atoms. The van der Waals surface area contributed by atoms with Crippen LogP contribution in [0, 0.1) is 0 Å². The Morgan fingerprint density at radius 1 is 1.38 bits per heavy atom. The molecule has 0 saturated carbocycles. The molecule has 1 atom stereocenters. The molecule has 0 unspecified atom stereocenters. The van der Waals surface area contributed by atoms with Crippen LogP contribution in [-0.2, 0) is 0 Å². The standard InChI is InChI=1S/C18H22ClN3O3S/c1-24-16-5-4-13(19)11-14(16)21-18(23)20-12-15(17-3-2-8-25-17)22-6-9-26-10-7-22/h2-5,8,11,15H,6-7,9-10,12H2,1H3,(H2,20,21,23)/t15-/m0/s1. The van der Waals surface area contributed by atoms with Crippen molar-refractivity contribution in [3.05, 3.63) is 47.4 Å². The molecule has 0 bridgehead atoms. The van der Waals surface area contributed by atoms with Gasteiger partial charge in [0.25, 0.3) is 0 Å². The van der Waals surface area contributed by atoms with Gasteiger partial charge in [-0.15, -0.1) is 0 Å². The topological polar surface area (TPSA) is 66.7 Å². The number of hydrogen-bond donors (Lipinski definition) is 2. The SMILES string of the molecule is COc1ccc(Cl)cc1NC(=O)NC[C@@H](c1ccco1)N1CCSCC1. The maximum absolute atomic E-state index is 12.4. The van der Waals surface area contributed by atoms with E-state index in [1.54, 1.807) is 31.6 Å². The first kappa shape index (κ1) is 18.9. The van der Waals surface area contributed by atoms with E-state index in [2.05, 4.69) is 15.5 Å². The van der Waals surface area contributed by atoms with Crippen molar-refractivity contribution in [3.8, 4) is 5.75 Å². The fraction of sp³-hybridized carbons (Fsp3) is 0.389. The number of benzene rings is 1. The number of rotatable bonds is 6. The van der Waals surface area contributed by atoms with Crippen LogP contribution in [0.2, 0.25) is 5.02 Å². The average Bonchev–Trinajstić information content (AvgIpc) is 3.17. The van der Waals surface area contributed by atoms with E-state index in [-0.39, 0.29) is 12.1 Å². The molecule has 1 aromatic carbocycles. The van der Waals surface area contributed by atoms with E-state index < -0.39 is 0 Å².